The van der Waals surface area contributed by atoms with Crippen LogP contribution in [0.25, 0.3) is 0 Å². The summed E-state index contributed by atoms with van der Waals surface area (Å²) in [5.74, 6) is -0.320. The summed E-state index contributed by atoms with van der Waals surface area (Å²) in [6.45, 7) is 0. The number of rotatable bonds is 10. The van der Waals surface area contributed by atoms with Gasteiger partial charge in [0.2, 0.25) is 0 Å². The molecule has 0 spiro atoms. The minimum absolute atomic E-state index is 0.138. The number of halogens is 2. The molecule has 0 saturated heterocycles. The Labute approximate surface area is 235 Å². The van der Waals surface area contributed by atoms with Gasteiger partial charge in [-0.25, -0.2) is 10.3 Å². The van der Waals surface area contributed by atoms with E-state index in [9.17, 15) is 14.7 Å². The average molecular weight is 645 g/mol. The quantitative estimate of drug-likeness (QED) is 0.114. The number of nitrogens with one attached hydrogen (secondary N) is 2. The number of hydrogen-bond donors (Lipinski definition) is 4. The Kier molecular flexibility index (Phi) is 10.7. The second-order valence-corrected chi connectivity index (χ2v) is 9.66. The maximum Gasteiger partial charge on any atom is 0.412 e. The first-order valence-corrected chi connectivity index (χ1v) is 12.9. The number of phenols is 1. The van der Waals surface area contributed by atoms with Crippen LogP contribution in [0.2, 0.25) is 0 Å². The molecule has 0 radical (unpaired) electrons. The second kappa shape index (κ2) is 14.2. The number of allylic oxidation sites excluding steroid dienone is 1. The van der Waals surface area contributed by atoms with Gasteiger partial charge in [-0.2, -0.15) is 5.26 Å². The van der Waals surface area contributed by atoms with Gasteiger partial charge in [-0.05, 0) is 77.3 Å². The fourth-order valence-electron chi connectivity index (χ4n) is 3.47. The molecule has 0 aliphatic rings. The number of hydrogen-bond acceptors (Lipinski definition) is 7. The zero-order valence-corrected chi connectivity index (χ0v) is 23.0. The Morgan fingerprint density at radius 3 is 2.45 bits per heavy atom. The predicted octanol–water partition coefficient (Wildman–Crippen LogP) is 6.37. The molecule has 3 aromatic carbocycles. The summed E-state index contributed by atoms with van der Waals surface area (Å²) < 4.78 is 13.0. The summed E-state index contributed by atoms with van der Waals surface area (Å²) >= 11 is 6.73. The van der Waals surface area contributed by atoms with Crippen molar-refractivity contribution in [1.82, 2.24) is 5.48 Å². The number of benzene rings is 3. The van der Waals surface area contributed by atoms with Crippen molar-refractivity contribution in [2.24, 2.45) is 0 Å². The first-order chi connectivity index (χ1) is 18.3. The lowest BCUT2D eigenvalue weighted by molar-refractivity contribution is -0.124. The number of carbonyl (C=O) groups excluding carboxylic acids is 2. The highest BCUT2D eigenvalue weighted by Gasteiger charge is 2.32. The molecule has 0 aliphatic heterocycles. The van der Waals surface area contributed by atoms with E-state index in [0.29, 0.717) is 32.4 Å². The number of para-hydroxylation sites is 1. The minimum Gasteiger partial charge on any atom is -0.506 e. The number of amides is 2. The molecular formula is C27H23Br2N3O6. The van der Waals surface area contributed by atoms with E-state index in [4.69, 9.17) is 19.9 Å². The fraction of sp³-hybridized carbons (Fsp3) is 0.148. The van der Waals surface area contributed by atoms with Crippen molar-refractivity contribution in [2.45, 2.75) is 25.0 Å². The van der Waals surface area contributed by atoms with Gasteiger partial charge in [0.05, 0.1) is 16.1 Å². The molecule has 0 saturated carbocycles. The number of hydroxylamine groups is 1. The van der Waals surface area contributed by atoms with Gasteiger partial charge < -0.3 is 14.6 Å². The van der Waals surface area contributed by atoms with Crippen LogP contribution in [0.15, 0.2) is 87.8 Å². The molecule has 0 bridgehead atoms. The van der Waals surface area contributed by atoms with Crippen LogP contribution in [-0.4, -0.2) is 28.4 Å². The molecule has 2 amide bonds. The molecule has 196 valence electrons. The van der Waals surface area contributed by atoms with Crippen LogP contribution < -0.4 is 15.5 Å². The van der Waals surface area contributed by atoms with Crippen molar-refractivity contribution < 1.29 is 29.4 Å². The van der Waals surface area contributed by atoms with Gasteiger partial charge in [0, 0.05) is 21.8 Å². The number of nitrogens with zero attached hydrogens (tertiary/aromatic N) is 1. The van der Waals surface area contributed by atoms with E-state index in [1.807, 2.05) is 12.1 Å². The van der Waals surface area contributed by atoms with Crippen molar-refractivity contribution in [3.8, 4) is 17.6 Å². The van der Waals surface area contributed by atoms with Gasteiger partial charge in [-0.1, -0.05) is 40.2 Å². The lowest BCUT2D eigenvalue weighted by atomic mass is 9.99. The normalized spacial score (nSPS) is 12.3. The van der Waals surface area contributed by atoms with Crippen LogP contribution >= 0.6 is 31.9 Å². The predicted molar refractivity (Wildman–Crippen MR) is 147 cm³/mol. The summed E-state index contributed by atoms with van der Waals surface area (Å²) in [6.07, 6.45) is 0.575. The Morgan fingerprint density at radius 1 is 1.08 bits per heavy atom. The van der Waals surface area contributed by atoms with Gasteiger partial charge >= 0.3 is 6.09 Å². The summed E-state index contributed by atoms with van der Waals surface area (Å²) in [6, 6.07) is 20.4. The van der Waals surface area contributed by atoms with Gasteiger partial charge in [0.1, 0.15) is 17.6 Å². The van der Waals surface area contributed by atoms with Gasteiger partial charge in [0.25, 0.3) is 5.91 Å². The molecule has 0 heterocycles. The summed E-state index contributed by atoms with van der Waals surface area (Å²) in [4.78, 5) is 24.4. The van der Waals surface area contributed by atoms with Gasteiger partial charge in [-0.15, -0.1) is 0 Å². The lowest BCUT2D eigenvalue weighted by Crippen LogP contribution is -2.31. The van der Waals surface area contributed by atoms with Crippen LogP contribution in [0.4, 0.5) is 10.5 Å². The minimum atomic E-state index is -1.09. The van der Waals surface area contributed by atoms with Crippen molar-refractivity contribution in [2.75, 3.05) is 5.32 Å². The zero-order chi connectivity index (χ0) is 27.5. The van der Waals surface area contributed by atoms with E-state index >= 15 is 0 Å². The highest BCUT2D eigenvalue weighted by Crippen LogP contribution is 2.40. The number of anilines is 1. The SMILES string of the molecule is N#Cc1ccc(NC(=O)O[C@H](c2cc(Br)cc(Br)c2O)[C@@H](CC/C=C/C(=O)NO)Oc2ccccc2)cc1. The maximum absolute atomic E-state index is 13.0. The third-order valence-electron chi connectivity index (χ3n) is 5.22. The molecule has 3 aromatic rings. The van der Waals surface area contributed by atoms with Crippen LogP contribution in [0.1, 0.15) is 30.1 Å². The molecular weight excluding hydrogens is 622 g/mol. The first-order valence-electron chi connectivity index (χ1n) is 11.3. The third kappa shape index (κ3) is 8.34. The van der Waals surface area contributed by atoms with E-state index < -0.39 is 24.2 Å². The van der Waals surface area contributed by atoms with E-state index in [0.717, 1.165) is 0 Å². The lowest BCUT2D eigenvalue weighted by Gasteiger charge is -2.29. The molecule has 38 heavy (non-hydrogen) atoms. The molecule has 0 aliphatic carbocycles. The summed E-state index contributed by atoms with van der Waals surface area (Å²) in [5.41, 5.74) is 2.64. The molecule has 4 N–H and O–H groups in total. The Morgan fingerprint density at radius 2 is 1.79 bits per heavy atom. The van der Waals surface area contributed by atoms with Gasteiger partial charge in [-0.3, -0.25) is 15.3 Å². The Bertz CT molecular complexity index is 1330. The average Bonchev–Trinajstić information content (AvgIpc) is 2.92. The third-order valence-corrected chi connectivity index (χ3v) is 6.29. The number of carbonyl (C=O) groups is 2. The molecule has 9 nitrogen and oxygen atoms in total. The molecule has 3 rings (SSSR count). The fourth-order valence-corrected chi connectivity index (χ4v) is 4.73. The highest BCUT2D eigenvalue weighted by molar-refractivity contribution is 9.11. The highest BCUT2D eigenvalue weighted by atomic mass is 79.9. The molecule has 0 unspecified atom stereocenters. The standard InChI is InChI=1S/C27H23Br2N3O6/c28-18-14-21(25(34)22(29)15-18)26(38-27(35)31-19-12-10-17(16-30)11-13-19)23(8-4-5-9-24(33)32-36)37-20-6-2-1-3-7-20/h1-3,5-7,9-15,23,26,34,36H,4,8H2,(H,31,35)(H,32,33)/b9-5+/t23-,26-/m1/s1. The number of nitriles is 1. The van der Waals surface area contributed by atoms with E-state index in [-0.39, 0.29) is 17.7 Å². The first kappa shape index (κ1) is 28.7. The summed E-state index contributed by atoms with van der Waals surface area (Å²) in [5, 5.41) is 31.2. The van der Waals surface area contributed by atoms with Crippen molar-refractivity contribution >= 4 is 49.5 Å². The van der Waals surface area contributed by atoms with Gasteiger partial charge in [0.15, 0.2) is 6.10 Å². The second-order valence-electron chi connectivity index (χ2n) is 7.89. The Balaban J connectivity index is 1.95. The number of phenolic OH excluding ortho intramolecular Hbond substituents is 1. The molecule has 2 atom stereocenters. The van der Waals surface area contributed by atoms with E-state index in [1.54, 1.807) is 60.7 Å². The monoisotopic (exact) mass is 643 g/mol. The molecule has 0 fully saturated rings. The molecule has 0 aromatic heterocycles. The van der Waals surface area contributed by atoms with Crippen molar-refractivity contribution in [3.05, 3.63) is 99.0 Å². The number of aromatic hydroxyl groups is 1. The maximum atomic E-state index is 13.0. The van der Waals surface area contributed by atoms with Crippen LogP contribution in [-0.2, 0) is 9.53 Å². The van der Waals surface area contributed by atoms with Crippen LogP contribution in [0.5, 0.6) is 11.5 Å². The van der Waals surface area contributed by atoms with Crippen LogP contribution in [0.3, 0.4) is 0 Å². The van der Waals surface area contributed by atoms with E-state index in [2.05, 4.69) is 37.2 Å². The Hall–Kier alpha value is -3.85. The summed E-state index contributed by atoms with van der Waals surface area (Å²) in [7, 11) is 0. The smallest absolute Gasteiger partial charge is 0.412 e. The largest absolute Gasteiger partial charge is 0.506 e. The number of ether oxygens (including phenoxy) is 2. The van der Waals surface area contributed by atoms with Crippen molar-refractivity contribution in [1.29, 1.82) is 5.26 Å². The zero-order valence-electron chi connectivity index (χ0n) is 19.8. The molecule has 11 heteroatoms. The van der Waals surface area contributed by atoms with Crippen LogP contribution in [0, 0.1) is 11.3 Å². The van der Waals surface area contributed by atoms with E-state index in [1.165, 1.54) is 17.6 Å². The topological polar surface area (TPSA) is 141 Å². The van der Waals surface area contributed by atoms with Crippen molar-refractivity contribution in [3.63, 3.8) is 0 Å².